The summed E-state index contributed by atoms with van der Waals surface area (Å²) in [6.07, 6.45) is 6.98. The Kier molecular flexibility index (Phi) is 4.50. The van der Waals surface area contributed by atoms with Crippen molar-refractivity contribution < 1.29 is 4.74 Å². The van der Waals surface area contributed by atoms with Crippen molar-refractivity contribution in [3.8, 4) is 5.75 Å². The first-order chi connectivity index (χ1) is 13.2. The van der Waals surface area contributed by atoms with Crippen LogP contribution >= 0.6 is 0 Å². The van der Waals surface area contributed by atoms with Gasteiger partial charge in [-0.3, -0.25) is 4.79 Å². The van der Waals surface area contributed by atoms with Gasteiger partial charge in [0.05, 0.1) is 19.9 Å². The lowest BCUT2D eigenvalue weighted by Crippen LogP contribution is -2.19. The molecule has 2 aromatic carbocycles. The van der Waals surface area contributed by atoms with E-state index in [1.165, 1.54) is 18.2 Å². The molecular weight excluding hydrogens is 338 g/mol. The maximum absolute atomic E-state index is 12.2. The van der Waals surface area contributed by atoms with Crippen LogP contribution in [0.1, 0.15) is 22.3 Å². The lowest BCUT2D eigenvalue weighted by Gasteiger charge is -2.17. The highest BCUT2D eigenvalue weighted by molar-refractivity contribution is 5.72. The van der Waals surface area contributed by atoms with Gasteiger partial charge in [0.2, 0.25) is 11.7 Å². The third kappa shape index (κ3) is 3.36. The van der Waals surface area contributed by atoms with Crippen molar-refractivity contribution in [1.82, 2.24) is 9.55 Å². The first-order valence-corrected chi connectivity index (χ1v) is 8.91. The molecule has 1 N–H and O–H groups in total. The Morgan fingerprint density at radius 3 is 2.78 bits per heavy atom. The summed E-state index contributed by atoms with van der Waals surface area (Å²) in [6.45, 7) is 2.66. The maximum Gasteiger partial charge on any atom is 0.316 e. The number of fused-ring (bicyclic) bond motifs is 1. The fraction of sp³-hybridized carbons (Fsp3) is 0.182. The van der Waals surface area contributed by atoms with E-state index >= 15 is 0 Å². The van der Waals surface area contributed by atoms with Crippen molar-refractivity contribution in [3.05, 3.63) is 87.3 Å². The first-order valence-electron chi connectivity index (χ1n) is 8.91. The summed E-state index contributed by atoms with van der Waals surface area (Å²) >= 11 is 0. The molecule has 0 atom stereocenters. The summed E-state index contributed by atoms with van der Waals surface area (Å²) in [6, 6.07) is 14.2. The molecule has 0 spiro atoms. The summed E-state index contributed by atoms with van der Waals surface area (Å²) in [5, 5.41) is 3.35. The van der Waals surface area contributed by atoms with Crippen molar-refractivity contribution >= 4 is 17.7 Å². The molecular formula is C22H21N3O2. The molecule has 4 rings (SSSR count). The largest absolute Gasteiger partial charge is 0.490 e. The van der Waals surface area contributed by atoms with Gasteiger partial charge in [0.1, 0.15) is 0 Å². The molecule has 0 fully saturated rings. The fourth-order valence-electron chi connectivity index (χ4n) is 3.37. The van der Waals surface area contributed by atoms with E-state index in [1.807, 2.05) is 41.0 Å². The standard InChI is InChI=1S/C22H21N3O2/c1-15-18-10-6-9-17(18)11-12-19(15)23-22-24-21(26)20(27-2)14-25(22)13-16-7-4-3-5-8-16/h3-8,10-12,14H,9,13H2,1-2H3,(H,23,24,26). The molecule has 1 aliphatic carbocycles. The third-order valence-corrected chi connectivity index (χ3v) is 4.85. The smallest absolute Gasteiger partial charge is 0.316 e. The molecule has 3 aromatic rings. The van der Waals surface area contributed by atoms with E-state index < -0.39 is 0 Å². The van der Waals surface area contributed by atoms with Crippen LogP contribution in [0, 0.1) is 6.92 Å². The van der Waals surface area contributed by atoms with Crippen molar-refractivity contribution in [2.45, 2.75) is 19.9 Å². The van der Waals surface area contributed by atoms with Gasteiger partial charge in [-0.2, -0.15) is 4.98 Å². The van der Waals surface area contributed by atoms with E-state index in [2.05, 4.69) is 35.4 Å². The van der Waals surface area contributed by atoms with Crippen LogP contribution in [0.5, 0.6) is 5.75 Å². The molecule has 1 heterocycles. The molecule has 0 aliphatic heterocycles. The predicted molar refractivity (Wildman–Crippen MR) is 108 cm³/mol. The summed E-state index contributed by atoms with van der Waals surface area (Å²) < 4.78 is 7.08. The van der Waals surface area contributed by atoms with Crippen LogP contribution in [-0.4, -0.2) is 16.7 Å². The number of ether oxygens (including phenoxy) is 1. The van der Waals surface area contributed by atoms with Gasteiger partial charge in [0.15, 0.2) is 0 Å². The number of nitrogens with zero attached hydrogens (tertiary/aromatic N) is 2. The number of hydrogen-bond donors (Lipinski definition) is 1. The summed E-state index contributed by atoms with van der Waals surface area (Å²) in [5.74, 6) is 0.722. The number of anilines is 2. The molecule has 5 nitrogen and oxygen atoms in total. The number of methoxy groups -OCH3 is 1. The van der Waals surface area contributed by atoms with Crippen LogP contribution in [0.15, 0.2) is 59.5 Å². The Bertz CT molecular complexity index is 1070. The van der Waals surface area contributed by atoms with Gasteiger partial charge in [-0.25, -0.2) is 0 Å². The highest BCUT2D eigenvalue weighted by atomic mass is 16.5. The second-order valence-corrected chi connectivity index (χ2v) is 6.59. The highest BCUT2D eigenvalue weighted by Gasteiger charge is 2.14. The van der Waals surface area contributed by atoms with Gasteiger partial charge >= 0.3 is 5.56 Å². The van der Waals surface area contributed by atoms with Crippen molar-refractivity contribution in [3.63, 3.8) is 0 Å². The summed E-state index contributed by atoms with van der Waals surface area (Å²) in [4.78, 5) is 16.5. The van der Waals surface area contributed by atoms with Crippen LogP contribution in [0.4, 0.5) is 11.6 Å². The van der Waals surface area contributed by atoms with Crippen LogP contribution in [0.3, 0.4) is 0 Å². The number of aromatic nitrogens is 2. The molecule has 27 heavy (non-hydrogen) atoms. The highest BCUT2D eigenvalue weighted by Crippen LogP contribution is 2.30. The Morgan fingerprint density at radius 2 is 2.00 bits per heavy atom. The van der Waals surface area contributed by atoms with E-state index in [-0.39, 0.29) is 11.3 Å². The normalized spacial score (nSPS) is 12.1. The monoisotopic (exact) mass is 359 g/mol. The van der Waals surface area contributed by atoms with Crippen molar-refractivity contribution in [1.29, 1.82) is 0 Å². The molecule has 0 radical (unpaired) electrons. The molecule has 0 saturated heterocycles. The Balaban J connectivity index is 1.74. The third-order valence-electron chi connectivity index (χ3n) is 4.85. The number of rotatable bonds is 5. The van der Waals surface area contributed by atoms with Gasteiger partial charge in [0.25, 0.3) is 0 Å². The molecule has 0 unspecified atom stereocenters. The van der Waals surface area contributed by atoms with Crippen molar-refractivity contribution in [2.24, 2.45) is 0 Å². The molecule has 0 bridgehead atoms. The SMILES string of the molecule is COc1cn(Cc2ccccc2)c(Nc2ccc3c(c2C)C=CC3)nc1=O. The van der Waals surface area contributed by atoms with E-state index in [4.69, 9.17) is 4.74 Å². The van der Waals surface area contributed by atoms with E-state index in [0.29, 0.717) is 12.5 Å². The second kappa shape index (κ2) is 7.11. The Labute approximate surface area is 158 Å². The average Bonchev–Trinajstić information content (AvgIpc) is 3.16. The lowest BCUT2D eigenvalue weighted by atomic mass is 10.0. The average molecular weight is 359 g/mol. The number of benzene rings is 2. The van der Waals surface area contributed by atoms with Gasteiger partial charge in [0, 0.05) is 5.69 Å². The fourth-order valence-corrected chi connectivity index (χ4v) is 3.37. The van der Waals surface area contributed by atoms with Gasteiger partial charge in [-0.15, -0.1) is 0 Å². The van der Waals surface area contributed by atoms with Crippen LogP contribution in [0.25, 0.3) is 6.08 Å². The minimum atomic E-state index is -0.386. The van der Waals surface area contributed by atoms with Crippen LogP contribution < -0.4 is 15.6 Å². The molecule has 1 aromatic heterocycles. The predicted octanol–water partition coefficient (Wildman–Crippen LogP) is 3.92. The van der Waals surface area contributed by atoms with Crippen molar-refractivity contribution in [2.75, 3.05) is 12.4 Å². The zero-order valence-electron chi connectivity index (χ0n) is 15.4. The lowest BCUT2D eigenvalue weighted by molar-refractivity contribution is 0.402. The second-order valence-electron chi connectivity index (χ2n) is 6.59. The van der Waals surface area contributed by atoms with E-state index in [0.717, 1.165) is 23.2 Å². The number of hydrogen-bond acceptors (Lipinski definition) is 4. The van der Waals surface area contributed by atoms with Gasteiger partial charge in [-0.1, -0.05) is 48.6 Å². The molecule has 5 heteroatoms. The van der Waals surface area contributed by atoms with Crippen LogP contribution in [0.2, 0.25) is 0 Å². The number of allylic oxidation sites excluding steroid dienone is 1. The minimum Gasteiger partial charge on any atom is -0.490 e. The van der Waals surface area contributed by atoms with Gasteiger partial charge < -0.3 is 14.6 Å². The quantitative estimate of drug-likeness (QED) is 0.750. The number of nitrogens with one attached hydrogen (secondary N) is 1. The summed E-state index contributed by atoms with van der Waals surface area (Å²) in [5.41, 5.74) is 5.38. The molecule has 1 aliphatic rings. The summed E-state index contributed by atoms with van der Waals surface area (Å²) in [7, 11) is 1.48. The van der Waals surface area contributed by atoms with E-state index in [9.17, 15) is 4.79 Å². The van der Waals surface area contributed by atoms with Gasteiger partial charge in [-0.05, 0) is 41.7 Å². The molecule has 0 amide bonds. The Morgan fingerprint density at radius 1 is 1.19 bits per heavy atom. The van der Waals surface area contributed by atoms with Crippen LogP contribution in [-0.2, 0) is 13.0 Å². The van der Waals surface area contributed by atoms with E-state index in [1.54, 1.807) is 6.20 Å². The Hall–Kier alpha value is -3.34. The zero-order chi connectivity index (χ0) is 18.8. The maximum atomic E-state index is 12.2. The molecule has 136 valence electrons. The zero-order valence-corrected chi connectivity index (χ0v) is 15.4. The molecule has 0 saturated carbocycles. The first kappa shape index (κ1) is 17.1. The minimum absolute atomic E-state index is 0.227. The topological polar surface area (TPSA) is 56.1 Å².